The normalized spacial score (nSPS) is 13.3. The van der Waals surface area contributed by atoms with E-state index in [2.05, 4.69) is 4.98 Å². The zero-order valence-electron chi connectivity index (χ0n) is 11.5. The average Bonchev–Trinajstić information content (AvgIpc) is 2.85. The van der Waals surface area contributed by atoms with E-state index in [0.29, 0.717) is 34.3 Å². The molecule has 0 saturated carbocycles. The van der Waals surface area contributed by atoms with Crippen molar-refractivity contribution in [2.24, 2.45) is 0 Å². The second-order valence-corrected chi connectivity index (χ2v) is 4.78. The van der Waals surface area contributed by atoms with Crippen LogP contribution in [0.5, 0.6) is 5.75 Å². The lowest BCUT2D eigenvalue weighted by molar-refractivity contribution is 0.0479. The molecule has 0 atom stereocenters. The second-order valence-electron chi connectivity index (χ2n) is 4.78. The summed E-state index contributed by atoms with van der Waals surface area (Å²) in [7, 11) is 0. The molecule has 21 heavy (non-hydrogen) atoms. The minimum absolute atomic E-state index is 0.0575. The van der Waals surface area contributed by atoms with Crippen molar-refractivity contribution in [3.8, 4) is 5.75 Å². The molecule has 0 aliphatic carbocycles. The first-order chi connectivity index (χ1) is 10.1. The number of rotatable bonds is 3. The fourth-order valence-corrected chi connectivity index (χ4v) is 2.37. The number of aromatic nitrogens is 2. The van der Waals surface area contributed by atoms with Crippen LogP contribution in [0, 0.1) is 0 Å². The molecule has 0 fully saturated rings. The summed E-state index contributed by atoms with van der Waals surface area (Å²) in [4.78, 5) is 17.0. The van der Waals surface area contributed by atoms with E-state index in [1.165, 1.54) is 24.4 Å². The van der Waals surface area contributed by atoms with E-state index in [9.17, 15) is 14.4 Å². The first-order valence-electron chi connectivity index (χ1n) is 6.64. The Bertz CT molecular complexity index is 719. The molecular weight excluding hydrogens is 273 g/mol. The molecule has 1 aliphatic rings. The van der Waals surface area contributed by atoms with Crippen molar-refractivity contribution < 1.29 is 14.4 Å². The van der Waals surface area contributed by atoms with Crippen LogP contribution in [0.15, 0.2) is 30.5 Å². The number of aryl methyl sites for hydroxylation is 1. The summed E-state index contributed by atoms with van der Waals surface area (Å²) in [6.45, 7) is 1.84. The van der Waals surface area contributed by atoms with Crippen LogP contribution in [0.1, 0.15) is 34.5 Å². The van der Waals surface area contributed by atoms with E-state index >= 15 is 0 Å². The van der Waals surface area contributed by atoms with Gasteiger partial charge >= 0.3 is 0 Å². The van der Waals surface area contributed by atoms with Crippen LogP contribution in [0.3, 0.4) is 0 Å². The van der Waals surface area contributed by atoms with Gasteiger partial charge in [-0.15, -0.1) is 0 Å². The van der Waals surface area contributed by atoms with Crippen molar-refractivity contribution in [1.82, 2.24) is 14.7 Å². The Kier molecular flexibility index (Phi) is 3.21. The largest absolute Gasteiger partial charge is 0.508 e. The number of hydrogen-bond donors (Lipinski definition) is 1. The molecule has 108 valence electrons. The number of imidazole rings is 1. The van der Waals surface area contributed by atoms with Crippen molar-refractivity contribution in [3.05, 3.63) is 53.2 Å². The molecule has 2 aromatic rings. The van der Waals surface area contributed by atoms with E-state index in [4.69, 9.17) is 0 Å². The first-order valence-corrected chi connectivity index (χ1v) is 6.64. The molecule has 1 aromatic carbocycles. The van der Waals surface area contributed by atoms with Gasteiger partial charge in [0.2, 0.25) is 5.78 Å². The number of phenolic OH excluding ortho intramolecular Hbond substituents is 1. The molecule has 0 spiro atoms. The Morgan fingerprint density at radius 3 is 2.76 bits per heavy atom. The van der Waals surface area contributed by atoms with E-state index in [-0.39, 0.29) is 18.2 Å². The number of carbonyl (C=O) groups is 1. The highest BCUT2D eigenvalue weighted by atomic mass is 19.2. The van der Waals surface area contributed by atoms with Crippen molar-refractivity contribution in [2.45, 2.75) is 20.0 Å². The summed E-state index contributed by atoms with van der Waals surface area (Å²) < 4.78 is 15.0. The van der Waals surface area contributed by atoms with E-state index in [1.807, 2.05) is 6.92 Å². The van der Waals surface area contributed by atoms with Gasteiger partial charge in [0.1, 0.15) is 23.9 Å². The molecule has 0 saturated heterocycles. The first kappa shape index (κ1) is 13.4. The molecule has 2 heterocycles. The van der Waals surface area contributed by atoms with Crippen molar-refractivity contribution in [2.75, 3.05) is 0 Å². The summed E-state index contributed by atoms with van der Waals surface area (Å²) in [6, 6.07) is 5.99. The Morgan fingerprint density at radius 1 is 1.38 bits per heavy atom. The number of ketones is 1. The number of hydrogen-bond acceptors (Lipinski definition) is 4. The highest BCUT2D eigenvalue weighted by Gasteiger charge is 2.24. The van der Waals surface area contributed by atoms with E-state index in [0.717, 1.165) is 0 Å². The number of carbonyl (C=O) groups excluding carboxylic acids is 1. The van der Waals surface area contributed by atoms with E-state index in [1.54, 1.807) is 16.7 Å². The monoisotopic (exact) mass is 287 g/mol. The number of halogens is 1. The van der Waals surface area contributed by atoms with Gasteiger partial charge in [0.15, 0.2) is 0 Å². The smallest absolute Gasteiger partial charge is 0.211 e. The Hall–Kier alpha value is -2.63. The van der Waals surface area contributed by atoms with Crippen molar-refractivity contribution in [3.63, 3.8) is 0 Å². The highest BCUT2D eigenvalue weighted by Crippen LogP contribution is 2.23. The molecule has 1 aliphatic heterocycles. The summed E-state index contributed by atoms with van der Waals surface area (Å²) in [5.41, 5.74) is 1.47. The Morgan fingerprint density at radius 2 is 2.10 bits per heavy atom. The second kappa shape index (κ2) is 5.05. The van der Waals surface area contributed by atoms with Gasteiger partial charge in [0.05, 0.1) is 5.69 Å². The van der Waals surface area contributed by atoms with Gasteiger partial charge in [0, 0.05) is 11.8 Å². The predicted octanol–water partition coefficient (Wildman–Crippen LogP) is 2.51. The van der Waals surface area contributed by atoms with Gasteiger partial charge in [-0.2, -0.15) is 5.12 Å². The molecule has 0 amide bonds. The molecule has 3 rings (SSSR count). The maximum absolute atomic E-state index is 13.4. The molecule has 0 bridgehead atoms. The fraction of sp³-hybridized carbons (Fsp3) is 0.200. The van der Waals surface area contributed by atoms with Gasteiger partial charge < -0.3 is 9.67 Å². The SMILES string of the molecule is CCc1nc2n(c1C(=O)c1ccc(O)cc1)CN(F)C=C2. The summed E-state index contributed by atoms with van der Waals surface area (Å²) >= 11 is 0. The highest BCUT2D eigenvalue weighted by molar-refractivity contribution is 6.09. The van der Waals surface area contributed by atoms with Crippen molar-refractivity contribution in [1.29, 1.82) is 0 Å². The Balaban J connectivity index is 2.09. The van der Waals surface area contributed by atoms with Gasteiger partial charge in [-0.25, -0.2) is 4.98 Å². The van der Waals surface area contributed by atoms with Gasteiger partial charge in [-0.05, 0) is 36.8 Å². The summed E-state index contributed by atoms with van der Waals surface area (Å²) in [5.74, 6) is 0.438. The number of aromatic hydroxyl groups is 1. The summed E-state index contributed by atoms with van der Waals surface area (Å²) in [6.07, 6.45) is 3.41. The minimum atomic E-state index is -0.227. The average molecular weight is 287 g/mol. The third-order valence-corrected chi connectivity index (χ3v) is 3.41. The third kappa shape index (κ3) is 2.29. The van der Waals surface area contributed by atoms with E-state index < -0.39 is 0 Å². The zero-order valence-corrected chi connectivity index (χ0v) is 11.5. The van der Waals surface area contributed by atoms with Crippen LogP contribution < -0.4 is 0 Å². The topological polar surface area (TPSA) is 58.4 Å². The van der Waals surface area contributed by atoms with Crippen LogP contribution >= 0.6 is 0 Å². The molecule has 1 aromatic heterocycles. The molecule has 5 nitrogen and oxygen atoms in total. The van der Waals surface area contributed by atoms with Crippen LogP contribution in [0.25, 0.3) is 6.08 Å². The van der Waals surface area contributed by atoms with Gasteiger partial charge in [0.25, 0.3) is 0 Å². The lowest BCUT2D eigenvalue weighted by atomic mass is 10.1. The summed E-state index contributed by atoms with van der Waals surface area (Å²) in [5, 5.41) is 9.80. The number of phenols is 1. The third-order valence-electron chi connectivity index (χ3n) is 3.41. The van der Waals surface area contributed by atoms with Crippen LogP contribution in [-0.4, -0.2) is 25.6 Å². The van der Waals surface area contributed by atoms with Crippen LogP contribution in [-0.2, 0) is 13.1 Å². The predicted molar refractivity (Wildman–Crippen MR) is 75.1 cm³/mol. The van der Waals surface area contributed by atoms with Crippen molar-refractivity contribution >= 4 is 11.9 Å². The lowest BCUT2D eigenvalue weighted by Crippen LogP contribution is -2.21. The standard InChI is InChI=1S/C15H14FN3O2/c1-2-12-14(15(21)10-3-5-11(20)6-4-10)19-9-18(16)8-7-13(19)17-12/h3-8,20H,2,9H2,1H3. The maximum Gasteiger partial charge on any atom is 0.211 e. The van der Waals surface area contributed by atoms with Crippen LogP contribution in [0.4, 0.5) is 4.48 Å². The van der Waals surface area contributed by atoms with Gasteiger partial charge in [-0.1, -0.05) is 11.4 Å². The lowest BCUT2D eigenvalue weighted by Gasteiger charge is -2.17. The fourth-order valence-electron chi connectivity index (χ4n) is 2.37. The molecule has 0 unspecified atom stereocenters. The molecule has 1 N–H and O–H groups in total. The molecule has 0 radical (unpaired) electrons. The number of nitrogens with zero attached hydrogens (tertiary/aromatic N) is 3. The maximum atomic E-state index is 13.4. The molecular formula is C15H14FN3O2. The number of fused-ring (bicyclic) bond motifs is 1. The molecule has 6 heteroatoms. The zero-order chi connectivity index (χ0) is 15.0. The van der Waals surface area contributed by atoms with Gasteiger partial charge in [-0.3, -0.25) is 4.79 Å². The Labute approximate surface area is 120 Å². The quantitative estimate of drug-likeness (QED) is 0.696. The van der Waals surface area contributed by atoms with Crippen LogP contribution in [0.2, 0.25) is 0 Å². The minimum Gasteiger partial charge on any atom is -0.508 e. The number of benzene rings is 1.